The lowest BCUT2D eigenvalue weighted by molar-refractivity contribution is -0.121. The van der Waals surface area contributed by atoms with Crippen molar-refractivity contribution in [3.05, 3.63) is 35.9 Å². The molecule has 1 unspecified atom stereocenters. The molecule has 0 aliphatic carbocycles. The summed E-state index contributed by atoms with van der Waals surface area (Å²) in [6.45, 7) is 8.96. The zero-order valence-electron chi connectivity index (χ0n) is 13.1. The Kier molecular flexibility index (Phi) is 5.76. The highest BCUT2D eigenvalue weighted by Gasteiger charge is 2.28. The van der Waals surface area contributed by atoms with E-state index < -0.39 is 5.92 Å². The van der Waals surface area contributed by atoms with Crippen LogP contribution in [0.2, 0.25) is 0 Å². The molecular formula is C16H25N3O2. The Hall–Kier alpha value is -2.04. The predicted molar refractivity (Wildman–Crippen MR) is 84.2 cm³/mol. The number of carbonyl (C=O) groups is 1. The van der Waals surface area contributed by atoms with Crippen LogP contribution < -0.4 is 11.1 Å². The molecule has 1 atom stereocenters. The van der Waals surface area contributed by atoms with Crippen molar-refractivity contribution in [2.45, 2.75) is 33.6 Å². The zero-order valence-corrected chi connectivity index (χ0v) is 13.1. The fraction of sp³-hybridized carbons (Fsp3) is 0.500. The number of nitrogens with zero attached hydrogens (tertiary/aromatic N) is 1. The van der Waals surface area contributed by atoms with E-state index in [-0.39, 0.29) is 17.2 Å². The van der Waals surface area contributed by atoms with E-state index >= 15 is 0 Å². The molecule has 0 aliphatic rings. The summed E-state index contributed by atoms with van der Waals surface area (Å²) in [5, 5.41) is 14.8. The predicted octanol–water partition coefficient (Wildman–Crippen LogP) is 2.31. The number of carbonyl (C=O) groups excluding carboxylic acids is 1. The molecule has 1 rings (SSSR count). The van der Waals surface area contributed by atoms with Crippen LogP contribution in [0.5, 0.6) is 0 Å². The molecule has 116 valence electrons. The second-order valence-electron chi connectivity index (χ2n) is 6.23. The maximum absolute atomic E-state index is 12.4. The number of hydrogen-bond acceptors (Lipinski definition) is 3. The summed E-state index contributed by atoms with van der Waals surface area (Å²) >= 11 is 0. The SMILES string of the molecule is CC(C)C(C)(C)CNC(=O)C(/C(N)=N/O)c1ccccc1. The molecule has 1 aromatic carbocycles. The largest absolute Gasteiger partial charge is 0.409 e. The molecule has 5 nitrogen and oxygen atoms in total. The summed E-state index contributed by atoms with van der Waals surface area (Å²) in [7, 11) is 0. The van der Waals surface area contributed by atoms with E-state index in [4.69, 9.17) is 10.9 Å². The molecule has 0 aromatic heterocycles. The first-order valence-electron chi connectivity index (χ1n) is 7.09. The lowest BCUT2D eigenvalue weighted by Crippen LogP contribution is -2.42. The van der Waals surface area contributed by atoms with Gasteiger partial charge in [-0.15, -0.1) is 0 Å². The Balaban J connectivity index is 2.89. The van der Waals surface area contributed by atoms with Gasteiger partial charge in [0.15, 0.2) is 5.84 Å². The number of benzene rings is 1. The zero-order chi connectivity index (χ0) is 16.0. The summed E-state index contributed by atoms with van der Waals surface area (Å²) in [6, 6.07) is 9.06. The lowest BCUT2D eigenvalue weighted by Gasteiger charge is -2.30. The molecule has 0 saturated carbocycles. The van der Waals surface area contributed by atoms with Gasteiger partial charge >= 0.3 is 0 Å². The lowest BCUT2D eigenvalue weighted by atomic mass is 9.81. The normalized spacial score (nSPS) is 14.0. The molecule has 0 saturated heterocycles. The average molecular weight is 291 g/mol. The van der Waals surface area contributed by atoms with E-state index in [0.717, 1.165) is 0 Å². The van der Waals surface area contributed by atoms with Gasteiger partial charge in [0.2, 0.25) is 5.91 Å². The van der Waals surface area contributed by atoms with Crippen molar-refractivity contribution < 1.29 is 10.0 Å². The average Bonchev–Trinajstić information content (AvgIpc) is 2.46. The van der Waals surface area contributed by atoms with Crippen LogP contribution in [0.3, 0.4) is 0 Å². The van der Waals surface area contributed by atoms with E-state index in [0.29, 0.717) is 18.0 Å². The van der Waals surface area contributed by atoms with Crippen molar-refractivity contribution in [1.29, 1.82) is 0 Å². The molecule has 0 heterocycles. The van der Waals surface area contributed by atoms with Crippen LogP contribution in [0, 0.1) is 11.3 Å². The Morgan fingerprint density at radius 1 is 1.33 bits per heavy atom. The summed E-state index contributed by atoms with van der Waals surface area (Å²) in [6.07, 6.45) is 0. The fourth-order valence-corrected chi connectivity index (χ4v) is 1.78. The third-order valence-corrected chi connectivity index (χ3v) is 4.09. The van der Waals surface area contributed by atoms with Gasteiger partial charge in [-0.2, -0.15) is 0 Å². The van der Waals surface area contributed by atoms with Crippen molar-refractivity contribution in [3.8, 4) is 0 Å². The summed E-state index contributed by atoms with van der Waals surface area (Å²) < 4.78 is 0. The van der Waals surface area contributed by atoms with Gasteiger partial charge in [0.25, 0.3) is 0 Å². The minimum Gasteiger partial charge on any atom is -0.409 e. The van der Waals surface area contributed by atoms with Crippen LogP contribution in [0.4, 0.5) is 0 Å². The Labute approximate surface area is 126 Å². The van der Waals surface area contributed by atoms with E-state index in [1.165, 1.54) is 0 Å². The van der Waals surface area contributed by atoms with Gasteiger partial charge in [0, 0.05) is 6.54 Å². The molecule has 0 aliphatic heterocycles. The molecule has 4 N–H and O–H groups in total. The summed E-state index contributed by atoms with van der Waals surface area (Å²) in [5.41, 5.74) is 6.36. The topological polar surface area (TPSA) is 87.7 Å². The van der Waals surface area contributed by atoms with E-state index in [1.54, 1.807) is 12.1 Å². The minimum atomic E-state index is -0.779. The van der Waals surface area contributed by atoms with Crippen LogP contribution in [0.15, 0.2) is 35.5 Å². The fourth-order valence-electron chi connectivity index (χ4n) is 1.78. The molecule has 0 bridgehead atoms. The third kappa shape index (κ3) is 4.48. The Bertz CT molecular complexity index is 496. The molecule has 5 heteroatoms. The number of amidine groups is 1. The number of rotatable bonds is 6. The Morgan fingerprint density at radius 2 is 1.90 bits per heavy atom. The van der Waals surface area contributed by atoms with Crippen molar-refractivity contribution in [3.63, 3.8) is 0 Å². The highest BCUT2D eigenvalue weighted by molar-refractivity contribution is 6.07. The number of hydrogen-bond donors (Lipinski definition) is 3. The van der Waals surface area contributed by atoms with Crippen molar-refractivity contribution in [1.82, 2.24) is 5.32 Å². The van der Waals surface area contributed by atoms with Gasteiger partial charge in [-0.05, 0) is 16.9 Å². The molecule has 0 radical (unpaired) electrons. The molecule has 1 amide bonds. The smallest absolute Gasteiger partial charge is 0.235 e. The quantitative estimate of drug-likeness (QED) is 0.325. The molecule has 1 aromatic rings. The molecular weight excluding hydrogens is 266 g/mol. The number of nitrogens with one attached hydrogen (secondary N) is 1. The third-order valence-electron chi connectivity index (χ3n) is 4.09. The first-order valence-corrected chi connectivity index (χ1v) is 7.09. The second kappa shape index (κ2) is 7.11. The molecule has 21 heavy (non-hydrogen) atoms. The first-order chi connectivity index (χ1) is 9.79. The number of amides is 1. The van der Waals surface area contributed by atoms with Gasteiger partial charge < -0.3 is 16.3 Å². The second-order valence-corrected chi connectivity index (χ2v) is 6.23. The molecule has 0 spiro atoms. The maximum atomic E-state index is 12.4. The van der Waals surface area contributed by atoms with Crippen molar-refractivity contribution >= 4 is 11.7 Å². The van der Waals surface area contributed by atoms with Crippen molar-refractivity contribution in [2.75, 3.05) is 6.54 Å². The van der Waals surface area contributed by atoms with Gasteiger partial charge in [-0.25, -0.2) is 0 Å². The van der Waals surface area contributed by atoms with E-state index in [1.807, 2.05) is 18.2 Å². The van der Waals surface area contributed by atoms with Crippen LogP contribution >= 0.6 is 0 Å². The summed E-state index contributed by atoms with van der Waals surface area (Å²) in [5.74, 6) is -0.720. The number of oxime groups is 1. The number of nitrogens with two attached hydrogens (primary N) is 1. The molecule has 0 fully saturated rings. The van der Waals surface area contributed by atoms with Gasteiger partial charge in [0.05, 0.1) is 0 Å². The Morgan fingerprint density at radius 3 is 2.38 bits per heavy atom. The summed E-state index contributed by atoms with van der Waals surface area (Å²) in [4.78, 5) is 12.4. The maximum Gasteiger partial charge on any atom is 0.235 e. The van der Waals surface area contributed by atoms with Crippen molar-refractivity contribution in [2.24, 2.45) is 22.2 Å². The van der Waals surface area contributed by atoms with Crippen LogP contribution in [0.25, 0.3) is 0 Å². The highest BCUT2D eigenvalue weighted by Crippen LogP contribution is 2.25. The van der Waals surface area contributed by atoms with Crippen LogP contribution in [-0.2, 0) is 4.79 Å². The monoisotopic (exact) mass is 291 g/mol. The van der Waals surface area contributed by atoms with E-state index in [2.05, 4.69) is 38.2 Å². The highest BCUT2D eigenvalue weighted by atomic mass is 16.4. The minimum absolute atomic E-state index is 0.0258. The van der Waals surface area contributed by atoms with Gasteiger partial charge in [0.1, 0.15) is 5.92 Å². The van der Waals surface area contributed by atoms with Crippen LogP contribution in [0.1, 0.15) is 39.2 Å². The van der Waals surface area contributed by atoms with Gasteiger partial charge in [-0.1, -0.05) is 63.2 Å². The van der Waals surface area contributed by atoms with E-state index in [9.17, 15) is 4.79 Å². The first kappa shape index (κ1) is 17.0. The van der Waals surface area contributed by atoms with Gasteiger partial charge in [-0.3, -0.25) is 4.79 Å². The van der Waals surface area contributed by atoms with Crippen LogP contribution in [-0.4, -0.2) is 23.5 Å². The standard InChI is InChI=1S/C16H25N3O2/c1-11(2)16(3,4)10-18-15(20)13(14(17)19-21)12-8-6-5-7-9-12/h5-9,11,13,21H,10H2,1-4H3,(H2,17,19)(H,18,20).